The van der Waals surface area contributed by atoms with Crippen LogP contribution in [0.2, 0.25) is 0 Å². The topological polar surface area (TPSA) is 51.1 Å². The molecule has 0 bridgehead atoms. The van der Waals surface area contributed by atoms with Crippen LogP contribution in [0.3, 0.4) is 0 Å². The van der Waals surface area contributed by atoms with E-state index in [2.05, 4.69) is 21.2 Å². The Bertz CT molecular complexity index is 713. The van der Waals surface area contributed by atoms with Crippen LogP contribution in [0.5, 0.6) is 0 Å². The summed E-state index contributed by atoms with van der Waals surface area (Å²) in [6.07, 6.45) is 1.59. The third-order valence-electron chi connectivity index (χ3n) is 2.65. The molecule has 0 spiro atoms. The molecule has 0 aliphatic carbocycles. The zero-order chi connectivity index (χ0) is 14.7. The number of carbonyl (C=O) groups is 1. The summed E-state index contributed by atoms with van der Waals surface area (Å²) in [5, 5.41) is 2.58. The van der Waals surface area contributed by atoms with Crippen LogP contribution in [0.15, 0.2) is 45.8 Å². The predicted octanol–water partition coefficient (Wildman–Crippen LogP) is 2.76. The Kier molecular flexibility index (Phi) is 4.34. The van der Waals surface area contributed by atoms with Crippen LogP contribution >= 0.6 is 15.9 Å². The van der Waals surface area contributed by atoms with Crippen molar-refractivity contribution in [1.29, 1.82) is 0 Å². The Morgan fingerprint density at radius 3 is 2.80 bits per heavy atom. The summed E-state index contributed by atoms with van der Waals surface area (Å²) in [7, 11) is 0. The second-order valence-electron chi connectivity index (χ2n) is 4.30. The molecule has 0 unspecified atom stereocenters. The number of benzene rings is 1. The molecule has 0 aliphatic rings. The van der Waals surface area contributed by atoms with Gasteiger partial charge in [-0.2, -0.15) is 0 Å². The summed E-state index contributed by atoms with van der Waals surface area (Å²) in [6.45, 7) is 1.47. The van der Waals surface area contributed by atoms with Crippen molar-refractivity contribution < 1.29 is 9.18 Å². The van der Waals surface area contributed by atoms with Crippen molar-refractivity contribution in [3.63, 3.8) is 0 Å². The molecular formula is C14H12BrFN2O2. The second kappa shape index (κ2) is 6.00. The molecule has 104 valence electrons. The molecule has 0 fully saturated rings. The van der Waals surface area contributed by atoms with E-state index in [-0.39, 0.29) is 18.0 Å². The zero-order valence-corrected chi connectivity index (χ0v) is 12.3. The van der Waals surface area contributed by atoms with Crippen molar-refractivity contribution in [3.8, 4) is 0 Å². The van der Waals surface area contributed by atoms with E-state index in [9.17, 15) is 14.0 Å². The van der Waals surface area contributed by atoms with E-state index in [1.165, 1.54) is 35.8 Å². The SMILES string of the molecule is CC(=O)Nc1ccc(F)c(Cn2cc(Br)ccc2=O)c1. The normalized spacial score (nSPS) is 10.3. The Morgan fingerprint density at radius 1 is 1.35 bits per heavy atom. The lowest BCUT2D eigenvalue weighted by Crippen LogP contribution is -2.19. The number of rotatable bonds is 3. The van der Waals surface area contributed by atoms with Gasteiger partial charge in [-0.1, -0.05) is 0 Å². The number of pyridine rings is 1. The molecule has 0 atom stereocenters. The van der Waals surface area contributed by atoms with E-state index >= 15 is 0 Å². The number of halogens is 2. The summed E-state index contributed by atoms with van der Waals surface area (Å²) in [5.74, 6) is -0.659. The summed E-state index contributed by atoms with van der Waals surface area (Å²) >= 11 is 3.26. The van der Waals surface area contributed by atoms with Gasteiger partial charge in [-0.15, -0.1) is 0 Å². The molecule has 2 rings (SSSR count). The van der Waals surface area contributed by atoms with E-state index in [1.807, 2.05) is 0 Å². The molecule has 4 nitrogen and oxygen atoms in total. The van der Waals surface area contributed by atoms with Gasteiger partial charge in [0.25, 0.3) is 5.56 Å². The molecule has 0 radical (unpaired) electrons. The third-order valence-corrected chi connectivity index (χ3v) is 3.12. The van der Waals surface area contributed by atoms with Crippen LogP contribution in [-0.4, -0.2) is 10.5 Å². The average Bonchev–Trinajstić information content (AvgIpc) is 2.37. The van der Waals surface area contributed by atoms with Crippen molar-refractivity contribution in [1.82, 2.24) is 4.57 Å². The third kappa shape index (κ3) is 3.54. The van der Waals surface area contributed by atoms with Crippen molar-refractivity contribution in [2.24, 2.45) is 0 Å². The van der Waals surface area contributed by atoms with E-state index < -0.39 is 5.82 Å². The van der Waals surface area contributed by atoms with Crippen LogP contribution in [0, 0.1) is 5.82 Å². The highest BCUT2D eigenvalue weighted by Crippen LogP contribution is 2.16. The quantitative estimate of drug-likeness (QED) is 0.935. The van der Waals surface area contributed by atoms with Crippen LogP contribution in [0.1, 0.15) is 12.5 Å². The maximum atomic E-state index is 13.8. The van der Waals surface area contributed by atoms with Crippen LogP contribution in [0.4, 0.5) is 10.1 Å². The number of amides is 1. The fourth-order valence-corrected chi connectivity index (χ4v) is 2.17. The number of hydrogen-bond acceptors (Lipinski definition) is 2. The Labute approximate surface area is 123 Å². The van der Waals surface area contributed by atoms with Crippen molar-refractivity contribution in [2.45, 2.75) is 13.5 Å². The lowest BCUT2D eigenvalue weighted by atomic mass is 10.2. The van der Waals surface area contributed by atoms with Crippen molar-refractivity contribution in [2.75, 3.05) is 5.32 Å². The molecule has 0 saturated heterocycles. The predicted molar refractivity (Wildman–Crippen MR) is 78.2 cm³/mol. The fourth-order valence-electron chi connectivity index (χ4n) is 1.79. The average molecular weight is 339 g/mol. The number of anilines is 1. The second-order valence-corrected chi connectivity index (χ2v) is 5.22. The minimum atomic E-state index is -0.425. The van der Waals surface area contributed by atoms with Gasteiger partial charge in [0, 0.05) is 34.9 Å². The van der Waals surface area contributed by atoms with E-state index in [1.54, 1.807) is 12.3 Å². The van der Waals surface area contributed by atoms with Gasteiger partial charge in [0.1, 0.15) is 5.82 Å². The molecule has 1 aromatic carbocycles. The standard InChI is InChI=1S/C14H12BrFN2O2/c1-9(19)17-12-3-4-13(16)10(6-12)7-18-8-11(15)2-5-14(18)20/h2-6,8H,7H2,1H3,(H,17,19). The van der Waals surface area contributed by atoms with Gasteiger partial charge in [0.2, 0.25) is 5.91 Å². The lowest BCUT2D eigenvalue weighted by molar-refractivity contribution is -0.114. The van der Waals surface area contributed by atoms with Crippen LogP contribution < -0.4 is 10.9 Å². The van der Waals surface area contributed by atoms with E-state index in [0.717, 1.165) is 4.47 Å². The summed E-state index contributed by atoms with van der Waals surface area (Å²) in [6, 6.07) is 7.29. The van der Waals surface area contributed by atoms with Gasteiger partial charge < -0.3 is 9.88 Å². The first kappa shape index (κ1) is 14.5. The molecule has 1 N–H and O–H groups in total. The first-order valence-corrected chi connectivity index (χ1v) is 6.67. The highest BCUT2D eigenvalue weighted by Gasteiger charge is 2.07. The van der Waals surface area contributed by atoms with E-state index in [0.29, 0.717) is 11.3 Å². The Balaban J connectivity index is 2.35. The molecule has 1 heterocycles. The van der Waals surface area contributed by atoms with E-state index in [4.69, 9.17) is 0 Å². The number of aromatic nitrogens is 1. The molecule has 20 heavy (non-hydrogen) atoms. The maximum absolute atomic E-state index is 13.8. The Hall–Kier alpha value is -1.95. The van der Waals surface area contributed by atoms with Gasteiger partial charge in [0.05, 0.1) is 6.54 Å². The van der Waals surface area contributed by atoms with Crippen molar-refractivity contribution >= 4 is 27.5 Å². The molecule has 1 amide bonds. The molecule has 0 saturated carbocycles. The fraction of sp³-hybridized carbons (Fsp3) is 0.143. The summed E-state index contributed by atoms with van der Waals surface area (Å²) in [5.41, 5.74) is 0.603. The highest BCUT2D eigenvalue weighted by molar-refractivity contribution is 9.10. The molecule has 2 aromatic rings. The first-order chi connectivity index (χ1) is 9.45. The summed E-state index contributed by atoms with van der Waals surface area (Å²) < 4.78 is 15.9. The smallest absolute Gasteiger partial charge is 0.250 e. The monoisotopic (exact) mass is 338 g/mol. The first-order valence-electron chi connectivity index (χ1n) is 5.88. The van der Waals surface area contributed by atoms with Gasteiger partial charge >= 0.3 is 0 Å². The molecule has 0 aliphatic heterocycles. The number of nitrogens with zero attached hydrogens (tertiary/aromatic N) is 1. The van der Waals surface area contributed by atoms with Crippen LogP contribution in [-0.2, 0) is 11.3 Å². The number of carbonyl (C=O) groups excluding carboxylic acids is 1. The van der Waals surface area contributed by atoms with Crippen molar-refractivity contribution in [3.05, 3.63) is 62.7 Å². The molecular weight excluding hydrogens is 327 g/mol. The summed E-state index contributed by atoms with van der Waals surface area (Å²) in [4.78, 5) is 22.7. The van der Waals surface area contributed by atoms with Gasteiger partial charge in [0.15, 0.2) is 0 Å². The van der Waals surface area contributed by atoms with Crippen LogP contribution in [0.25, 0.3) is 0 Å². The Morgan fingerprint density at radius 2 is 2.10 bits per heavy atom. The van der Waals surface area contributed by atoms with Gasteiger partial charge in [-0.05, 0) is 40.2 Å². The number of nitrogens with one attached hydrogen (secondary N) is 1. The lowest BCUT2D eigenvalue weighted by Gasteiger charge is -2.09. The minimum absolute atomic E-state index is 0.0948. The number of hydrogen-bond donors (Lipinski definition) is 1. The molecule has 1 aromatic heterocycles. The minimum Gasteiger partial charge on any atom is -0.326 e. The van der Waals surface area contributed by atoms with Gasteiger partial charge in [-0.25, -0.2) is 4.39 Å². The zero-order valence-electron chi connectivity index (χ0n) is 10.7. The maximum Gasteiger partial charge on any atom is 0.250 e. The van der Waals surface area contributed by atoms with Gasteiger partial charge in [-0.3, -0.25) is 9.59 Å². The molecule has 6 heteroatoms. The largest absolute Gasteiger partial charge is 0.326 e. The highest BCUT2D eigenvalue weighted by atomic mass is 79.9.